The molecule has 1 aliphatic carbocycles. The zero-order valence-electron chi connectivity index (χ0n) is 16.2. The quantitative estimate of drug-likeness (QED) is 0.689. The molecule has 156 valence electrons. The number of hydrogen-bond donors (Lipinski definition) is 2. The highest BCUT2D eigenvalue weighted by Gasteiger charge is 2.40. The van der Waals surface area contributed by atoms with Crippen LogP contribution < -0.4 is 10.6 Å². The lowest BCUT2D eigenvalue weighted by atomic mass is 9.82. The third-order valence-electron chi connectivity index (χ3n) is 5.50. The van der Waals surface area contributed by atoms with Crippen molar-refractivity contribution in [1.29, 1.82) is 0 Å². The predicted molar refractivity (Wildman–Crippen MR) is 117 cm³/mol. The lowest BCUT2D eigenvalue weighted by Crippen LogP contribution is -2.54. The van der Waals surface area contributed by atoms with Gasteiger partial charge in [-0.05, 0) is 60.7 Å². The van der Waals surface area contributed by atoms with E-state index in [1.54, 1.807) is 24.3 Å². The minimum atomic E-state index is -0.258. The SMILES string of the molecule is O=C1NC2CC(C(=O)NCc3cccc(Cl)c3)CCC2O/C1=C\c1ccc(Cl)cc1. The first-order chi connectivity index (χ1) is 14.5. The van der Waals surface area contributed by atoms with Crippen molar-refractivity contribution in [2.75, 3.05) is 0 Å². The molecule has 3 atom stereocenters. The van der Waals surface area contributed by atoms with Crippen LogP contribution in [-0.2, 0) is 20.9 Å². The second-order valence-electron chi connectivity index (χ2n) is 7.65. The smallest absolute Gasteiger partial charge is 0.286 e. The molecule has 0 radical (unpaired) electrons. The minimum absolute atomic E-state index is 0.00909. The van der Waals surface area contributed by atoms with Crippen LogP contribution in [-0.4, -0.2) is 24.0 Å². The fraction of sp³-hybridized carbons (Fsp3) is 0.304. The van der Waals surface area contributed by atoms with Crippen molar-refractivity contribution in [3.8, 4) is 0 Å². The normalized spacial score (nSPS) is 24.5. The van der Waals surface area contributed by atoms with E-state index in [1.165, 1.54) is 0 Å². The molecule has 1 heterocycles. The number of carbonyl (C=O) groups is 2. The number of morpholine rings is 1. The van der Waals surface area contributed by atoms with Gasteiger partial charge in [0, 0.05) is 22.5 Å². The average Bonchev–Trinajstić information content (AvgIpc) is 2.74. The highest BCUT2D eigenvalue weighted by molar-refractivity contribution is 6.30. The molecule has 1 saturated heterocycles. The first-order valence-electron chi connectivity index (χ1n) is 9.95. The van der Waals surface area contributed by atoms with Crippen molar-refractivity contribution in [1.82, 2.24) is 10.6 Å². The van der Waals surface area contributed by atoms with E-state index in [0.29, 0.717) is 41.6 Å². The molecule has 30 heavy (non-hydrogen) atoms. The summed E-state index contributed by atoms with van der Waals surface area (Å²) in [7, 11) is 0. The molecule has 0 bridgehead atoms. The van der Waals surface area contributed by atoms with Gasteiger partial charge in [0.1, 0.15) is 6.10 Å². The van der Waals surface area contributed by atoms with E-state index in [1.807, 2.05) is 30.3 Å². The number of amides is 2. The highest BCUT2D eigenvalue weighted by atomic mass is 35.5. The second-order valence-corrected chi connectivity index (χ2v) is 8.53. The zero-order valence-corrected chi connectivity index (χ0v) is 17.7. The van der Waals surface area contributed by atoms with Crippen LogP contribution in [0.1, 0.15) is 30.4 Å². The van der Waals surface area contributed by atoms with Crippen LogP contribution in [0.5, 0.6) is 0 Å². The molecule has 5 nitrogen and oxygen atoms in total. The number of benzene rings is 2. The number of carbonyl (C=O) groups excluding carboxylic acids is 2. The fourth-order valence-corrected chi connectivity index (χ4v) is 4.26. The third kappa shape index (κ3) is 4.97. The molecule has 0 spiro atoms. The lowest BCUT2D eigenvalue weighted by molar-refractivity contribution is -0.134. The maximum Gasteiger partial charge on any atom is 0.286 e. The Hall–Kier alpha value is -2.50. The van der Waals surface area contributed by atoms with E-state index >= 15 is 0 Å². The number of nitrogens with one attached hydrogen (secondary N) is 2. The largest absolute Gasteiger partial charge is 0.483 e. The molecule has 2 fully saturated rings. The van der Waals surface area contributed by atoms with Gasteiger partial charge >= 0.3 is 0 Å². The van der Waals surface area contributed by atoms with Gasteiger partial charge in [-0.3, -0.25) is 9.59 Å². The van der Waals surface area contributed by atoms with Crippen molar-refractivity contribution in [3.63, 3.8) is 0 Å². The van der Waals surface area contributed by atoms with Crippen LogP contribution in [0.25, 0.3) is 6.08 Å². The molecule has 2 aliphatic rings. The van der Waals surface area contributed by atoms with Crippen LogP contribution in [0.15, 0.2) is 54.3 Å². The average molecular weight is 445 g/mol. The number of rotatable bonds is 4. The Bertz CT molecular complexity index is 975. The molecule has 4 rings (SSSR count). The molecule has 7 heteroatoms. The number of hydrogen-bond acceptors (Lipinski definition) is 3. The third-order valence-corrected chi connectivity index (χ3v) is 5.99. The first-order valence-corrected chi connectivity index (χ1v) is 10.7. The summed E-state index contributed by atoms with van der Waals surface area (Å²) in [6.45, 7) is 0.431. The van der Waals surface area contributed by atoms with Gasteiger partial charge in [0.25, 0.3) is 5.91 Å². The first kappa shape index (κ1) is 20.8. The zero-order chi connectivity index (χ0) is 21.1. The summed E-state index contributed by atoms with van der Waals surface area (Å²) < 4.78 is 5.98. The monoisotopic (exact) mass is 444 g/mol. The van der Waals surface area contributed by atoms with E-state index in [9.17, 15) is 9.59 Å². The summed E-state index contributed by atoms with van der Waals surface area (Å²) in [5, 5.41) is 7.27. The number of fused-ring (bicyclic) bond motifs is 1. The van der Waals surface area contributed by atoms with Crippen LogP contribution >= 0.6 is 23.2 Å². The Balaban J connectivity index is 1.34. The molecule has 3 unspecified atom stereocenters. The summed E-state index contributed by atoms with van der Waals surface area (Å²) in [5.41, 5.74) is 1.80. The van der Waals surface area contributed by atoms with Gasteiger partial charge in [0.2, 0.25) is 5.91 Å². The molecule has 2 N–H and O–H groups in total. The van der Waals surface area contributed by atoms with Crippen LogP contribution in [0.2, 0.25) is 10.0 Å². The van der Waals surface area contributed by atoms with Gasteiger partial charge < -0.3 is 15.4 Å². The summed E-state index contributed by atoms with van der Waals surface area (Å²) in [6.07, 6.45) is 3.57. The Morgan fingerprint density at radius 1 is 1.13 bits per heavy atom. The van der Waals surface area contributed by atoms with Crippen LogP contribution in [0.3, 0.4) is 0 Å². The molecule has 1 aliphatic heterocycles. The standard InChI is InChI=1S/C23H22Cl2N2O3/c24-17-7-4-14(5-8-17)11-21-23(29)27-19-12-16(6-9-20(19)30-21)22(28)26-13-15-2-1-3-18(25)10-15/h1-5,7-8,10-11,16,19-20H,6,9,12-13H2,(H,26,28)(H,27,29)/b21-11-. The topological polar surface area (TPSA) is 67.4 Å². The van der Waals surface area contributed by atoms with Gasteiger partial charge in [0.05, 0.1) is 6.04 Å². The van der Waals surface area contributed by atoms with E-state index in [0.717, 1.165) is 11.1 Å². The number of halogens is 2. The number of ether oxygens (including phenoxy) is 1. The molecule has 0 aromatic heterocycles. The van der Waals surface area contributed by atoms with E-state index < -0.39 is 0 Å². The molecule has 2 amide bonds. The summed E-state index contributed by atoms with van der Waals surface area (Å²) >= 11 is 11.9. The van der Waals surface area contributed by atoms with Crippen molar-refractivity contribution in [3.05, 3.63) is 75.5 Å². The Morgan fingerprint density at radius 3 is 2.70 bits per heavy atom. The molecule has 2 aromatic rings. The maximum atomic E-state index is 12.6. The van der Waals surface area contributed by atoms with E-state index in [2.05, 4.69) is 10.6 Å². The minimum Gasteiger partial charge on any atom is -0.483 e. The Labute approximate surface area is 185 Å². The van der Waals surface area contributed by atoms with Gasteiger partial charge in [-0.25, -0.2) is 0 Å². The highest BCUT2D eigenvalue weighted by Crippen LogP contribution is 2.31. The lowest BCUT2D eigenvalue weighted by Gasteiger charge is -2.39. The van der Waals surface area contributed by atoms with Crippen molar-refractivity contribution >= 4 is 41.1 Å². The Morgan fingerprint density at radius 2 is 1.93 bits per heavy atom. The predicted octanol–water partition coefficient (Wildman–Crippen LogP) is 4.33. The maximum absolute atomic E-state index is 12.6. The summed E-state index contributed by atoms with van der Waals surface area (Å²) in [6, 6.07) is 14.5. The second kappa shape index (κ2) is 9.11. The molecular weight excluding hydrogens is 423 g/mol. The molecular formula is C23H22Cl2N2O3. The summed E-state index contributed by atoms with van der Waals surface area (Å²) in [4.78, 5) is 25.1. The van der Waals surface area contributed by atoms with Crippen molar-refractivity contribution in [2.45, 2.75) is 38.0 Å². The van der Waals surface area contributed by atoms with Crippen molar-refractivity contribution < 1.29 is 14.3 Å². The van der Waals surface area contributed by atoms with Gasteiger partial charge in [-0.1, -0.05) is 47.5 Å². The van der Waals surface area contributed by atoms with Crippen LogP contribution in [0.4, 0.5) is 0 Å². The fourth-order valence-electron chi connectivity index (χ4n) is 3.92. The van der Waals surface area contributed by atoms with Crippen LogP contribution in [0, 0.1) is 5.92 Å². The van der Waals surface area contributed by atoms with Gasteiger partial charge in [0.15, 0.2) is 5.76 Å². The van der Waals surface area contributed by atoms with Gasteiger partial charge in [-0.2, -0.15) is 0 Å². The van der Waals surface area contributed by atoms with Crippen molar-refractivity contribution in [2.24, 2.45) is 5.92 Å². The molecule has 1 saturated carbocycles. The summed E-state index contributed by atoms with van der Waals surface area (Å²) in [5.74, 6) is -0.130. The Kier molecular flexibility index (Phi) is 6.30. The van der Waals surface area contributed by atoms with E-state index in [-0.39, 0.29) is 29.9 Å². The van der Waals surface area contributed by atoms with Gasteiger partial charge in [-0.15, -0.1) is 0 Å². The van der Waals surface area contributed by atoms with E-state index in [4.69, 9.17) is 27.9 Å². The molecule has 2 aromatic carbocycles.